The lowest BCUT2D eigenvalue weighted by atomic mass is 10.1. The maximum Gasteiger partial charge on any atom is 0.329 e. The Morgan fingerprint density at radius 2 is 1.70 bits per heavy atom. The summed E-state index contributed by atoms with van der Waals surface area (Å²) in [6.45, 7) is 1.89. The third-order valence-corrected chi connectivity index (χ3v) is 5.46. The maximum atomic E-state index is 12.2. The number of rotatable bonds is 9. The number of aryl methyl sites for hydroxylation is 1. The number of halogens is 2. The number of carbonyl (C=O) groups excluding carboxylic acids is 3. The first-order chi connectivity index (χ1) is 17.7. The summed E-state index contributed by atoms with van der Waals surface area (Å²) >= 11 is 11.9. The minimum absolute atomic E-state index is 0.222. The lowest BCUT2D eigenvalue weighted by Crippen LogP contribution is -2.37. The summed E-state index contributed by atoms with van der Waals surface area (Å²) in [5.41, 5.74) is 5.11. The molecule has 0 saturated heterocycles. The van der Waals surface area contributed by atoms with Gasteiger partial charge in [-0.15, -0.1) is 0 Å². The first-order valence-electron chi connectivity index (χ1n) is 11.0. The van der Waals surface area contributed by atoms with Crippen molar-refractivity contribution in [2.24, 2.45) is 5.10 Å². The SMILES string of the molecule is COc1cc(/C=N\NC(=O)C(=O)NCc2ccc(C)cc2)ccc1OCC(=O)Nc1ccc(Cl)cc1Cl. The van der Waals surface area contributed by atoms with Crippen molar-refractivity contribution < 1.29 is 23.9 Å². The molecule has 0 atom stereocenters. The molecule has 0 aromatic heterocycles. The van der Waals surface area contributed by atoms with Gasteiger partial charge in [-0.3, -0.25) is 14.4 Å². The van der Waals surface area contributed by atoms with Crippen LogP contribution in [0.15, 0.2) is 65.8 Å². The van der Waals surface area contributed by atoms with Gasteiger partial charge in [-0.05, 0) is 54.4 Å². The van der Waals surface area contributed by atoms with Crippen LogP contribution >= 0.6 is 23.2 Å². The molecule has 0 spiro atoms. The molecule has 0 fully saturated rings. The highest BCUT2D eigenvalue weighted by Crippen LogP contribution is 2.28. The van der Waals surface area contributed by atoms with Crippen molar-refractivity contribution in [2.45, 2.75) is 13.5 Å². The summed E-state index contributed by atoms with van der Waals surface area (Å²) in [7, 11) is 1.44. The van der Waals surface area contributed by atoms with Crippen LogP contribution in [0.5, 0.6) is 11.5 Å². The number of anilines is 1. The number of nitrogens with zero attached hydrogens (tertiary/aromatic N) is 1. The summed E-state index contributed by atoms with van der Waals surface area (Å²) in [6, 6.07) is 17.1. The zero-order valence-corrected chi connectivity index (χ0v) is 21.5. The van der Waals surface area contributed by atoms with Crippen molar-refractivity contribution in [2.75, 3.05) is 19.0 Å². The molecule has 3 rings (SSSR count). The molecule has 0 saturated carbocycles. The minimum Gasteiger partial charge on any atom is -0.493 e. The van der Waals surface area contributed by atoms with Crippen LogP contribution in [0.2, 0.25) is 10.0 Å². The maximum absolute atomic E-state index is 12.2. The van der Waals surface area contributed by atoms with Crippen LogP contribution in [0, 0.1) is 6.92 Å². The molecular weight excluding hydrogens is 519 g/mol. The van der Waals surface area contributed by atoms with Gasteiger partial charge >= 0.3 is 11.8 Å². The third kappa shape index (κ3) is 8.52. The second-order valence-corrected chi connectivity index (χ2v) is 8.58. The van der Waals surface area contributed by atoms with Gasteiger partial charge < -0.3 is 20.1 Å². The van der Waals surface area contributed by atoms with E-state index in [4.69, 9.17) is 32.7 Å². The van der Waals surface area contributed by atoms with E-state index in [0.29, 0.717) is 32.8 Å². The summed E-state index contributed by atoms with van der Waals surface area (Å²) < 4.78 is 10.9. The van der Waals surface area contributed by atoms with E-state index in [1.807, 2.05) is 31.2 Å². The fourth-order valence-corrected chi connectivity index (χ4v) is 3.44. The number of amides is 3. The van der Waals surface area contributed by atoms with E-state index >= 15 is 0 Å². The van der Waals surface area contributed by atoms with Gasteiger partial charge in [0.25, 0.3) is 5.91 Å². The van der Waals surface area contributed by atoms with E-state index < -0.39 is 17.7 Å². The van der Waals surface area contributed by atoms with Crippen LogP contribution in [0.3, 0.4) is 0 Å². The Morgan fingerprint density at radius 3 is 2.41 bits per heavy atom. The zero-order valence-electron chi connectivity index (χ0n) is 20.0. The molecule has 9 nitrogen and oxygen atoms in total. The average Bonchev–Trinajstić information content (AvgIpc) is 2.88. The first-order valence-corrected chi connectivity index (χ1v) is 11.7. The number of hydrazone groups is 1. The van der Waals surface area contributed by atoms with Gasteiger partial charge in [0.1, 0.15) is 0 Å². The molecule has 3 N–H and O–H groups in total. The molecule has 3 aromatic carbocycles. The Hall–Kier alpha value is -4.08. The Balaban J connectivity index is 1.49. The molecule has 192 valence electrons. The van der Waals surface area contributed by atoms with Crippen molar-refractivity contribution >= 4 is 52.8 Å². The normalized spacial score (nSPS) is 10.6. The summed E-state index contributed by atoms with van der Waals surface area (Å²) in [4.78, 5) is 36.2. The summed E-state index contributed by atoms with van der Waals surface area (Å²) in [5.74, 6) is -1.49. The van der Waals surface area contributed by atoms with Crippen LogP contribution in [-0.2, 0) is 20.9 Å². The van der Waals surface area contributed by atoms with Gasteiger partial charge in [-0.25, -0.2) is 5.43 Å². The highest BCUT2D eigenvalue weighted by molar-refractivity contribution is 6.36. The summed E-state index contributed by atoms with van der Waals surface area (Å²) in [5, 5.41) is 9.72. The van der Waals surface area contributed by atoms with Crippen molar-refractivity contribution in [1.82, 2.24) is 10.7 Å². The van der Waals surface area contributed by atoms with Crippen molar-refractivity contribution in [1.29, 1.82) is 0 Å². The van der Waals surface area contributed by atoms with Gasteiger partial charge in [0.15, 0.2) is 18.1 Å². The number of carbonyl (C=O) groups is 3. The van der Waals surface area contributed by atoms with E-state index in [-0.39, 0.29) is 13.2 Å². The number of methoxy groups -OCH3 is 1. The molecular formula is C26H24Cl2N4O5. The first kappa shape index (κ1) is 27.5. The largest absolute Gasteiger partial charge is 0.493 e. The van der Waals surface area contributed by atoms with Crippen molar-refractivity contribution in [3.05, 3.63) is 87.4 Å². The Labute approximate surface area is 223 Å². The van der Waals surface area contributed by atoms with E-state index in [0.717, 1.165) is 11.1 Å². The predicted octanol–water partition coefficient (Wildman–Crippen LogP) is 4.09. The highest BCUT2D eigenvalue weighted by atomic mass is 35.5. The number of hydrogen-bond acceptors (Lipinski definition) is 6. The fraction of sp³-hybridized carbons (Fsp3) is 0.154. The van der Waals surface area contributed by atoms with Gasteiger partial charge in [-0.2, -0.15) is 5.10 Å². The van der Waals surface area contributed by atoms with Crippen LogP contribution in [0.25, 0.3) is 0 Å². The quantitative estimate of drug-likeness (QED) is 0.214. The Kier molecular flexibility index (Phi) is 9.88. The molecule has 3 aromatic rings. The van der Waals surface area contributed by atoms with E-state index in [1.54, 1.807) is 30.3 Å². The third-order valence-electron chi connectivity index (χ3n) is 4.91. The van der Waals surface area contributed by atoms with Gasteiger partial charge in [0.05, 0.1) is 24.0 Å². The molecule has 0 aliphatic carbocycles. The average molecular weight is 543 g/mol. The predicted molar refractivity (Wildman–Crippen MR) is 142 cm³/mol. The topological polar surface area (TPSA) is 118 Å². The Bertz CT molecular complexity index is 1310. The lowest BCUT2D eigenvalue weighted by Gasteiger charge is -2.12. The molecule has 0 bridgehead atoms. The molecule has 0 radical (unpaired) electrons. The van der Waals surface area contributed by atoms with Crippen molar-refractivity contribution in [3.8, 4) is 11.5 Å². The second kappa shape index (κ2) is 13.3. The molecule has 37 heavy (non-hydrogen) atoms. The standard InChI is InChI=1S/C26H24Cl2N4O5/c1-16-3-5-17(6-4-16)13-29-25(34)26(35)32-30-14-18-7-10-22(23(11-18)36-2)37-15-24(33)31-21-9-8-19(27)12-20(21)28/h3-12,14H,13,15H2,1-2H3,(H,29,34)(H,31,33)(H,32,35)/b30-14-. The van der Waals surface area contributed by atoms with Crippen LogP contribution in [0.4, 0.5) is 5.69 Å². The molecule has 0 aliphatic rings. The number of benzene rings is 3. The van der Waals surface area contributed by atoms with E-state index in [1.165, 1.54) is 19.4 Å². The lowest BCUT2D eigenvalue weighted by molar-refractivity contribution is -0.139. The highest BCUT2D eigenvalue weighted by Gasteiger charge is 2.13. The monoisotopic (exact) mass is 542 g/mol. The molecule has 3 amide bonds. The van der Waals surface area contributed by atoms with Gasteiger partial charge in [0.2, 0.25) is 0 Å². The second-order valence-electron chi connectivity index (χ2n) is 7.74. The molecule has 0 heterocycles. The summed E-state index contributed by atoms with van der Waals surface area (Å²) in [6.07, 6.45) is 1.34. The van der Waals surface area contributed by atoms with Crippen molar-refractivity contribution in [3.63, 3.8) is 0 Å². The smallest absolute Gasteiger partial charge is 0.329 e. The van der Waals surface area contributed by atoms with Crippen LogP contribution in [-0.4, -0.2) is 37.7 Å². The van der Waals surface area contributed by atoms with E-state index in [2.05, 4.69) is 21.2 Å². The number of nitrogens with one attached hydrogen (secondary N) is 3. The van der Waals surface area contributed by atoms with Gasteiger partial charge in [0, 0.05) is 11.6 Å². The van der Waals surface area contributed by atoms with E-state index in [9.17, 15) is 14.4 Å². The van der Waals surface area contributed by atoms with Crippen LogP contribution < -0.4 is 25.5 Å². The zero-order chi connectivity index (χ0) is 26.8. The van der Waals surface area contributed by atoms with Gasteiger partial charge in [-0.1, -0.05) is 53.0 Å². The minimum atomic E-state index is -0.901. The Morgan fingerprint density at radius 1 is 0.946 bits per heavy atom. The number of hydrogen-bond donors (Lipinski definition) is 3. The molecule has 11 heteroatoms. The van der Waals surface area contributed by atoms with Crippen LogP contribution in [0.1, 0.15) is 16.7 Å². The molecule has 0 unspecified atom stereocenters. The fourth-order valence-electron chi connectivity index (χ4n) is 2.99. The number of ether oxygens (including phenoxy) is 2. The molecule has 0 aliphatic heterocycles.